The third-order valence-corrected chi connectivity index (χ3v) is 14.5. The summed E-state index contributed by atoms with van der Waals surface area (Å²) in [6, 6.07) is 5.89. The zero-order chi connectivity index (χ0) is 32.0. The second kappa shape index (κ2) is 10.8. The van der Waals surface area contributed by atoms with Crippen molar-refractivity contribution in [2.45, 2.75) is 81.1 Å². The first kappa shape index (κ1) is 29.9. The molecule has 1 fully saturated rings. The molecule has 8 rings (SSSR count). The number of aryl methyl sites for hydroxylation is 2. The highest BCUT2D eigenvalue weighted by molar-refractivity contribution is 7.96. The molecule has 3 atom stereocenters. The number of sulfone groups is 1. The average Bonchev–Trinajstić information content (AvgIpc) is 3.04. The molecule has 1 saturated carbocycles. The second-order valence-corrected chi connectivity index (χ2v) is 17.4. The summed E-state index contributed by atoms with van der Waals surface area (Å²) in [5, 5.41) is 16.2. The SMILES string of the molecule is N#CC(=C=N)S(=O)(=O)C1CCC(C2=c3cc4c5c(c3Oc3c2cc2c6c3CCCN6CCC2)CCC[N+]=5CCC4)C(S(=O)(=O)O)C1. The van der Waals surface area contributed by atoms with Crippen LogP contribution in [0, 0.1) is 22.7 Å². The summed E-state index contributed by atoms with van der Waals surface area (Å²) < 4.78 is 73.3. The van der Waals surface area contributed by atoms with Gasteiger partial charge in [-0.25, -0.2) is 13.0 Å². The number of benzene rings is 2. The predicted octanol–water partition coefficient (Wildman–Crippen LogP) is 2.57. The molecule has 5 aliphatic heterocycles. The van der Waals surface area contributed by atoms with Crippen molar-refractivity contribution in [1.82, 2.24) is 4.58 Å². The van der Waals surface area contributed by atoms with E-state index < -0.39 is 41.3 Å². The first-order valence-corrected chi connectivity index (χ1v) is 19.5. The van der Waals surface area contributed by atoms with E-state index in [1.54, 1.807) is 5.87 Å². The van der Waals surface area contributed by atoms with Crippen LogP contribution in [-0.4, -0.2) is 63.9 Å². The van der Waals surface area contributed by atoms with Crippen molar-refractivity contribution in [1.29, 1.82) is 10.7 Å². The van der Waals surface area contributed by atoms with Crippen LogP contribution < -0.4 is 24.8 Å². The molecule has 0 spiro atoms. The largest absolute Gasteiger partial charge is 0.455 e. The number of hydrogen-bond acceptors (Lipinski definition) is 8. The van der Waals surface area contributed by atoms with E-state index in [1.807, 2.05) is 0 Å². The summed E-state index contributed by atoms with van der Waals surface area (Å²) in [6.07, 6.45) is 7.50. The Kier molecular flexibility index (Phi) is 7.00. The lowest BCUT2D eigenvalue weighted by Gasteiger charge is -2.41. The number of nitrogens with one attached hydrogen (secondary N) is 1. The summed E-state index contributed by atoms with van der Waals surface area (Å²) in [4.78, 5) is 1.64. The molecule has 2 aromatic carbocycles. The molecular weight excluding hydrogens is 625 g/mol. The highest BCUT2D eigenvalue weighted by atomic mass is 32.2. The Morgan fingerprint density at radius 2 is 1.67 bits per heavy atom. The Bertz CT molecular complexity index is 2160. The van der Waals surface area contributed by atoms with Crippen LogP contribution in [-0.2, 0) is 45.6 Å². The Labute approximate surface area is 268 Å². The van der Waals surface area contributed by atoms with Gasteiger partial charge < -0.3 is 9.64 Å². The van der Waals surface area contributed by atoms with Gasteiger partial charge in [0.15, 0.2) is 9.84 Å². The van der Waals surface area contributed by atoms with Crippen molar-refractivity contribution in [3.05, 3.63) is 55.4 Å². The van der Waals surface area contributed by atoms with E-state index in [0.717, 1.165) is 117 Å². The number of hydrogen-bond donors (Lipinski definition) is 2. The van der Waals surface area contributed by atoms with Gasteiger partial charge in [-0.05, 0) is 81.1 Å². The van der Waals surface area contributed by atoms with Crippen molar-refractivity contribution in [2.75, 3.05) is 31.1 Å². The van der Waals surface area contributed by atoms with Crippen LogP contribution in [0.4, 0.5) is 5.69 Å². The Morgan fingerprint density at radius 3 is 2.41 bits per heavy atom. The molecule has 0 radical (unpaired) electrons. The molecule has 3 unspecified atom stereocenters. The van der Waals surface area contributed by atoms with E-state index in [4.69, 9.17) is 10.1 Å². The minimum atomic E-state index is -4.73. The van der Waals surface area contributed by atoms with E-state index in [9.17, 15) is 26.7 Å². The monoisotopic (exact) mass is 661 g/mol. The summed E-state index contributed by atoms with van der Waals surface area (Å²) in [5.41, 5.74) is 7.70. The fourth-order valence-corrected chi connectivity index (χ4v) is 12.1. The quantitative estimate of drug-likeness (QED) is 0.220. The molecule has 1 aliphatic carbocycles. The predicted molar refractivity (Wildman–Crippen MR) is 173 cm³/mol. The van der Waals surface area contributed by atoms with Gasteiger partial charge in [-0.15, -0.1) is 0 Å². The van der Waals surface area contributed by atoms with Crippen molar-refractivity contribution in [3.63, 3.8) is 0 Å². The minimum absolute atomic E-state index is 0.0953. The highest BCUT2D eigenvalue weighted by Crippen LogP contribution is 2.51. The lowest BCUT2D eigenvalue weighted by atomic mass is 9.75. The Morgan fingerprint density at radius 1 is 0.957 bits per heavy atom. The molecule has 0 bridgehead atoms. The number of nitriles is 1. The van der Waals surface area contributed by atoms with Crippen molar-refractivity contribution < 1.29 is 26.1 Å². The molecule has 2 aromatic rings. The van der Waals surface area contributed by atoms with Gasteiger partial charge in [0.05, 0.1) is 16.1 Å². The lowest BCUT2D eigenvalue weighted by molar-refractivity contribution is 0.379. The van der Waals surface area contributed by atoms with E-state index >= 15 is 0 Å². The smallest absolute Gasteiger partial charge is 0.268 e. The molecule has 12 heteroatoms. The van der Waals surface area contributed by atoms with Crippen LogP contribution in [0.3, 0.4) is 0 Å². The first-order chi connectivity index (χ1) is 22.1. The third-order valence-electron chi connectivity index (χ3n) is 11.2. The average molecular weight is 662 g/mol. The van der Waals surface area contributed by atoms with E-state index in [1.165, 1.54) is 28.2 Å². The van der Waals surface area contributed by atoms with Gasteiger partial charge in [-0.3, -0.25) is 9.96 Å². The molecule has 0 amide bonds. The van der Waals surface area contributed by atoms with Crippen LogP contribution in [0.2, 0.25) is 0 Å². The number of ether oxygens (including phenoxy) is 1. The number of allylic oxidation sites excluding steroid dienone is 1. The number of nitrogens with zero attached hydrogens (tertiary/aromatic N) is 3. The van der Waals surface area contributed by atoms with Gasteiger partial charge in [0.25, 0.3) is 10.1 Å². The summed E-state index contributed by atoms with van der Waals surface area (Å²) in [5.74, 6) is 2.58. The number of rotatable bonds is 4. The topological polar surface area (TPSA) is 152 Å². The number of anilines is 1. The van der Waals surface area contributed by atoms with Gasteiger partial charge in [0.2, 0.25) is 10.3 Å². The lowest BCUT2D eigenvalue weighted by Crippen LogP contribution is -2.46. The van der Waals surface area contributed by atoms with Gasteiger partial charge >= 0.3 is 0 Å². The third kappa shape index (κ3) is 4.43. The maximum Gasteiger partial charge on any atom is 0.268 e. The zero-order valence-electron chi connectivity index (χ0n) is 25.6. The van der Waals surface area contributed by atoms with Crippen LogP contribution in [0.1, 0.15) is 72.8 Å². The van der Waals surface area contributed by atoms with Crippen LogP contribution in [0.5, 0.6) is 11.5 Å². The van der Waals surface area contributed by atoms with Crippen LogP contribution in [0.15, 0.2) is 17.0 Å². The van der Waals surface area contributed by atoms with Crippen molar-refractivity contribution in [3.8, 4) is 17.6 Å². The fourth-order valence-electron chi connectivity index (χ4n) is 9.31. The fraction of sp³-hybridized carbons (Fsp3) is 0.529. The molecule has 240 valence electrons. The molecule has 6 aliphatic rings. The Balaban J connectivity index is 1.41. The minimum Gasteiger partial charge on any atom is -0.455 e. The molecule has 5 heterocycles. The van der Waals surface area contributed by atoms with Crippen molar-refractivity contribution in [2.24, 2.45) is 5.92 Å². The molecule has 2 N–H and O–H groups in total. The molecule has 0 saturated heterocycles. The molecule has 0 aromatic heterocycles. The van der Waals surface area contributed by atoms with Gasteiger partial charge in [-0.1, -0.05) is 0 Å². The van der Waals surface area contributed by atoms with Gasteiger partial charge in [0.1, 0.15) is 30.7 Å². The van der Waals surface area contributed by atoms with Crippen molar-refractivity contribution >= 4 is 37.1 Å². The van der Waals surface area contributed by atoms with E-state index in [-0.39, 0.29) is 19.3 Å². The zero-order valence-corrected chi connectivity index (χ0v) is 27.3. The standard InChI is InChI=1S/C34H36N4O6S2/c35-18-23(19-36)45(39,40)22-9-10-24(29(17-22)46(41,42)43)30-27-15-20-5-1-11-37-13-3-7-25(31(20)37)33(27)44-34-26-8-4-14-38-12-2-6-21(32(26)38)16-28(30)34/h15-16,22,24,29,35H,1-14,17H2/p+1. The molecular formula is C34H37N4O6S2+. The van der Waals surface area contributed by atoms with Crippen LogP contribution >= 0.6 is 0 Å². The van der Waals surface area contributed by atoms with Gasteiger partial charge in [-0.2, -0.15) is 13.7 Å². The molecule has 10 nitrogen and oxygen atoms in total. The summed E-state index contributed by atoms with van der Waals surface area (Å²) in [7, 11) is -9.02. The number of fused-ring (bicyclic) bond motifs is 4. The van der Waals surface area contributed by atoms with Crippen LogP contribution in [0.25, 0.3) is 5.57 Å². The Hall–Kier alpha value is -3.49. The normalized spacial score (nSPS) is 24.8. The van der Waals surface area contributed by atoms with Gasteiger partial charge in [0, 0.05) is 65.3 Å². The molecule has 46 heavy (non-hydrogen) atoms. The summed E-state index contributed by atoms with van der Waals surface area (Å²) in [6.45, 7) is 3.99. The first-order valence-electron chi connectivity index (χ1n) is 16.4. The van der Waals surface area contributed by atoms with E-state index in [0.29, 0.717) is 0 Å². The second-order valence-electron chi connectivity index (χ2n) is 13.6. The van der Waals surface area contributed by atoms with E-state index in [2.05, 4.69) is 21.6 Å². The highest BCUT2D eigenvalue weighted by Gasteiger charge is 2.47. The maximum absolute atomic E-state index is 13.3. The maximum atomic E-state index is 13.3. The summed E-state index contributed by atoms with van der Waals surface area (Å²) >= 11 is 0.